The molecule has 3 aliphatic rings. The van der Waals surface area contributed by atoms with Crippen molar-refractivity contribution in [2.75, 3.05) is 11.5 Å². The van der Waals surface area contributed by atoms with Crippen LogP contribution in [0.2, 0.25) is 0 Å². The molecule has 0 atom stereocenters. The summed E-state index contributed by atoms with van der Waals surface area (Å²) in [5.41, 5.74) is 4.63. The summed E-state index contributed by atoms with van der Waals surface area (Å²) in [4.78, 5) is 30.7. The fraction of sp³-hybridized carbons (Fsp3) is 0.227. The predicted octanol–water partition coefficient (Wildman–Crippen LogP) is 4.48. The van der Waals surface area contributed by atoms with E-state index in [-0.39, 0.29) is 18.4 Å². The van der Waals surface area contributed by atoms with Crippen LogP contribution in [0, 0.1) is 5.82 Å². The number of nitrogens with zero attached hydrogens (tertiary/aromatic N) is 2. The summed E-state index contributed by atoms with van der Waals surface area (Å²) in [6.45, 7) is 0.899. The number of hydrogen-bond donors (Lipinski definition) is 1. The average Bonchev–Trinajstić information content (AvgIpc) is 3.45. The number of allylic oxidation sites excluding steroid dienone is 2. The van der Waals surface area contributed by atoms with Crippen molar-refractivity contribution >= 4 is 49.8 Å². The quantitative estimate of drug-likeness (QED) is 0.662. The predicted molar refractivity (Wildman–Crippen MR) is 112 cm³/mol. The van der Waals surface area contributed by atoms with Gasteiger partial charge in [-0.2, -0.15) is 0 Å². The van der Waals surface area contributed by atoms with E-state index >= 15 is 0 Å². The largest absolute Gasteiger partial charge is 0.493 e. The van der Waals surface area contributed by atoms with Gasteiger partial charge in [0.05, 0.1) is 22.5 Å². The monoisotopic (exact) mass is 421 g/mol. The minimum absolute atomic E-state index is 0.0435. The fourth-order valence-corrected chi connectivity index (χ4v) is 5.41. The van der Waals surface area contributed by atoms with Crippen LogP contribution < -0.4 is 15.0 Å². The van der Waals surface area contributed by atoms with E-state index < -0.39 is 5.82 Å². The Kier molecular flexibility index (Phi) is 3.73. The number of amides is 2. The number of ether oxygens (including phenoxy) is 1. The van der Waals surface area contributed by atoms with E-state index in [1.807, 2.05) is 12.1 Å². The first-order chi connectivity index (χ1) is 14.6. The van der Waals surface area contributed by atoms with Gasteiger partial charge in [-0.25, -0.2) is 19.1 Å². The summed E-state index contributed by atoms with van der Waals surface area (Å²) in [7, 11) is 0. The molecule has 0 bridgehead atoms. The van der Waals surface area contributed by atoms with Gasteiger partial charge < -0.3 is 10.1 Å². The van der Waals surface area contributed by atoms with Gasteiger partial charge in [-0.3, -0.25) is 4.79 Å². The summed E-state index contributed by atoms with van der Waals surface area (Å²) in [6, 6.07) is 6.34. The molecule has 0 saturated heterocycles. The van der Waals surface area contributed by atoms with Crippen LogP contribution in [0.25, 0.3) is 15.8 Å². The third-order valence-electron chi connectivity index (χ3n) is 5.79. The Morgan fingerprint density at radius 2 is 2.03 bits per heavy atom. The molecule has 0 saturated carbocycles. The van der Waals surface area contributed by atoms with E-state index in [2.05, 4.69) is 5.32 Å². The van der Waals surface area contributed by atoms with Crippen molar-refractivity contribution in [1.29, 1.82) is 0 Å². The molecule has 6 rings (SSSR count). The molecule has 8 heteroatoms. The SMILES string of the molecule is O=C1C=C(c2cc(F)cc3c2CNC(=O)N3c2nc3c4c(ccc3s2)OCC4)CC1. The number of nitrogens with one attached hydrogen (secondary N) is 1. The molecular formula is C22H16FN3O3S. The number of rotatable bonds is 2. The van der Waals surface area contributed by atoms with Gasteiger partial charge in [-0.15, -0.1) is 0 Å². The molecule has 3 heterocycles. The highest BCUT2D eigenvalue weighted by molar-refractivity contribution is 7.22. The van der Waals surface area contributed by atoms with Crippen molar-refractivity contribution < 1.29 is 18.7 Å². The zero-order valence-electron chi connectivity index (χ0n) is 15.8. The second kappa shape index (κ2) is 6.37. The maximum atomic E-state index is 14.6. The lowest BCUT2D eigenvalue weighted by Crippen LogP contribution is -2.41. The van der Waals surface area contributed by atoms with Gasteiger partial charge in [-0.1, -0.05) is 11.3 Å². The molecule has 1 N–H and O–H groups in total. The number of aromatic nitrogens is 1. The summed E-state index contributed by atoms with van der Waals surface area (Å²) in [5, 5.41) is 3.36. The second-order valence-electron chi connectivity index (χ2n) is 7.56. The molecule has 30 heavy (non-hydrogen) atoms. The third-order valence-corrected chi connectivity index (χ3v) is 6.79. The highest BCUT2D eigenvalue weighted by Crippen LogP contribution is 2.43. The van der Waals surface area contributed by atoms with Crippen molar-refractivity contribution in [3.05, 3.63) is 52.8 Å². The maximum Gasteiger partial charge on any atom is 0.328 e. The fourth-order valence-electron chi connectivity index (χ4n) is 4.40. The number of carbonyl (C=O) groups is 2. The number of thiazole rings is 1. The number of fused-ring (bicyclic) bond motifs is 4. The summed E-state index contributed by atoms with van der Waals surface area (Å²) >= 11 is 1.39. The Hall–Kier alpha value is -3.26. The molecule has 0 unspecified atom stereocenters. The van der Waals surface area contributed by atoms with Crippen LogP contribution in [-0.2, 0) is 17.8 Å². The molecule has 3 aromatic rings. The van der Waals surface area contributed by atoms with Gasteiger partial charge in [0.15, 0.2) is 10.9 Å². The van der Waals surface area contributed by atoms with E-state index in [1.54, 1.807) is 6.08 Å². The van der Waals surface area contributed by atoms with Crippen LogP contribution >= 0.6 is 11.3 Å². The Balaban J connectivity index is 1.53. The van der Waals surface area contributed by atoms with E-state index in [0.717, 1.165) is 39.1 Å². The number of ketones is 1. The van der Waals surface area contributed by atoms with Crippen LogP contribution in [0.15, 0.2) is 30.3 Å². The van der Waals surface area contributed by atoms with Crippen molar-refractivity contribution in [1.82, 2.24) is 10.3 Å². The molecular weight excluding hydrogens is 405 g/mol. The molecule has 0 radical (unpaired) electrons. The smallest absolute Gasteiger partial charge is 0.328 e. The first kappa shape index (κ1) is 17.6. The first-order valence-electron chi connectivity index (χ1n) is 9.78. The summed E-state index contributed by atoms with van der Waals surface area (Å²) < 4.78 is 21.2. The van der Waals surface area contributed by atoms with Crippen molar-refractivity contribution in [2.24, 2.45) is 0 Å². The van der Waals surface area contributed by atoms with Gasteiger partial charge in [-0.05, 0) is 47.9 Å². The van der Waals surface area contributed by atoms with E-state index in [1.165, 1.54) is 28.4 Å². The topological polar surface area (TPSA) is 71.5 Å². The van der Waals surface area contributed by atoms with Crippen molar-refractivity contribution in [3.8, 4) is 5.75 Å². The van der Waals surface area contributed by atoms with Crippen LogP contribution in [0.1, 0.15) is 29.5 Å². The molecule has 1 aromatic heterocycles. The number of urea groups is 1. The standard InChI is InChI=1S/C22H16FN3O3S/c23-12-8-15(11-1-2-13(27)7-11)16-10-24-21(28)26(17(16)9-12)22-25-20-14-5-6-29-18(14)3-4-19(20)30-22/h3-4,7-9H,1-2,5-6,10H2,(H,24,28). The Morgan fingerprint density at radius 1 is 1.13 bits per heavy atom. The second-order valence-corrected chi connectivity index (χ2v) is 8.57. The first-order valence-corrected chi connectivity index (χ1v) is 10.6. The lowest BCUT2D eigenvalue weighted by molar-refractivity contribution is -0.114. The molecule has 1 aliphatic carbocycles. The number of benzene rings is 2. The molecule has 0 spiro atoms. The normalized spacial score (nSPS) is 17.6. The van der Waals surface area contributed by atoms with Gasteiger partial charge in [0.25, 0.3) is 0 Å². The Labute approximate surface area is 175 Å². The number of hydrogen-bond acceptors (Lipinski definition) is 5. The molecule has 2 aromatic carbocycles. The Morgan fingerprint density at radius 3 is 2.87 bits per heavy atom. The minimum Gasteiger partial charge on any atom is -0.493 e. The van der Waals surface area contributed by atoms with Crippen LogP contribution in [0.5, 0.6) is 5.75 Å². The lowest BCUT2D eigenvalue weighted by Gasteiger charge is -2.30. The molecule has 150 valence electrons. The Bertz CT molecular complexity index is 1300. The highest BCUT2D eigenvalue weighted by Gasteiger charge is 2.32. The zero-order valence-corrected chi connectivity index (χ0v) is 16.6. The lowest BCUT2D eigenvalue weighted by atomic mass is 9.96. The van der Waals surface area contributed by atoms with Gasteiger partial charge in [0, 0.05) is 30.5 Å². The van der Waals surface area contributed by atoms with Gasteiger partial charge in [0.1, 0.15) is 11.6 Å². The third kappa shape index (κ3) is 2.56. The molecule has 6 nitrogen and oxygen atoms in total. The van der Waals surface area contributed by atoms with Crippen molar-refractivity contribution in [3.63, 3.8) is 0 Å². The summed E-state index contributed by atoms with van der Waals surface area (Å²) in [5.74, 6) is 0.426. The molecule has 2 amide bonds. The average molecular weight is 421 g/mol. The molecule has 2 aliphatic heterocycles. The highest BCUT2D eigenvalue weighted by atomic mass is 32.1. The van der Waals surface area contributed by atoms with E-state index in [4.69, 9.17) is 9.72 Å². The van der Waals surface area contributed by atoms with Crippen LogP contribution in [0.4, 0.5) is 20.0 Å². The van der Waals surface area contributed by atoms with E-state index in [0.29, 0.717) is 35.8 Å². The van der Waals surface area contributed by atoms with E-state index in [9.17, 15) is 14.0 Å². The van der Waals surface area contributed by atoms with Gasteiger partial charge >= 0.3 is 6.03 Å². The van der Waals surface area contributed by atoms with Crippen molar-refractivity contribution in [2.45, 2.75) is 25.8 Å². The zero-order chi connectivity index (χ0) is 20.4. The van der Waals surface area contributed by atoms with Crippen LogP contribution in [-0.4, -0.2) is 23.4 Å². The molecule has 0 fully saturated rings. The van der Waals surface area contributed by atoms with Gasteiger partial charge in [0.2, 0.25) is 0 Å². The number of carbonyl (C=O) groups excluding carboxylic acids is 2. The summed E-state index contributed by atoms with van der Waals surface area (Å²) in [6.07, 6.45) is 3.37. The minimum atomic E-state index is -0.445. The number of halogens is 1. The maximum absolute atomic E-state index is 14.6. The number of anilines is 2. The van der Waals surface area contributed by atoms with Crippen LogP contribution in [0.3, 0.4) is 0 Å².